The normalized spacial score (nSPS) is 16.8. The number of benzene rings is 2. The Kier molecular flexibility index (Phi) is 5.58. The highest BCUT2D eigenvalue weighted by molar-refractivity contribution is 8.01. The molecule has 5 nitrogen and oxygen atoms in total. The number of halogens is 2. The van der Waals surface area contributed by atoms with Crippen LogP contribution in [0.3, 0.4) is 0 Å². The Hall–Kier alpha value is -2.38. The Balaban J connectivity index is 1.60. The van der Waals surface area contributed by atoms with Gasteiger partial charge in [-0.15, -0.1) is 11.8 Å². The molecule has 0 unspecified atom stereocenters. The smallest absolute Gasteiger partial charge is 0.247 e. The van der Waals surface area contributed by atoms with Crippen LogP contribution in [0, 0.1) is 5.82 Å². The van der Waals surface area contributed by atoms with E-state index in [4.69, 9.17) is 11.6 Å². The predicted molar refractivity (Wildman–Crippen MR) is 99.8 cm³/mol. The van der Waals surface area contributed by atoms with Gasteiger partial charge in [0.1, 0.15) is 5.82 Å². The van der Waals surface area contributed by atoms with Crippen LogP contribution < -0.4 is 10.2 Å². The van der Waals surface area contributed by atoms with Gasteiger partial charge in [0.05, 0.1) is 16.7 Å². The van der Waals surface area contributed by atoms with Gasteiger partial charge in [-0.1, -0.05) is 23.7 Å². The summed E-state index contributed by atoms with van der Waals surface area (Å²) in [6.45, 7) is 0. The lowest BCUT2D eigenvalue weighted by Gasteiger charge is -2.15. The number of rotatable bonds is 5. The van der Waals surface area contributed by atoms with Crippen molar-refractivity contribution in [2.75, 3.05) is 16.0 Å². The molecule has 134 valence electrons. The lowest BCUT2D eigenvalue weighted by molar-refractivity contribution is -0.121. The number of thioether (sulfide) groups is 1. The Bertz CT molecular complexity index is 877. The van der Waals surface area contributed by atoms with Crippen LogP contribution in [0.25, 0.3) is 0 Å². The second kappa shape index (κ2) is 7.88. The maximum absolute atomic E-state index is 13.1. The zero-order valence-corrected chi connectivity index (χ0v) is 15.0. The molecule has 0 radical (unpaired) electrons. The second-order valence-electron chi connectivity index (χ2n) is 5.61. The van der Waals surface area contributed by atoms with E-state index in [2.05, 4.69) is 5.32 Å². The largest absolute Gasteiger partial charge is 0.325 e. The molecule has 0 bridgehead atoms. The van der Waals surface area contributed by atoms with Gasteiger partial charge in [0.15, 0.2) is 0 Å². The third kappa shape index (κ3) is 4.23. The third-order valence-electron chi connectivity index (χ3n) is 3.70. The Morgan fingerprint density at radius 1 is 1.23 bits per heavy atom. The van der Waals surface area contributed by atoms with Crippen molar-refractivity contribution in [3.63, 3.8) is 0 Å². The molecule has 2 aromatic rings. The number of nitrogens with one attached hydrogen (secondary N) is 1. The van der Waals surface area contributed by atoms with E-state index in [0.29, 0.717) is 16.4 Å². The van der Waals surface area contributed by atoms with Gasteiger partial charge in [-0.25, -0.2) is 9.29 Å². The van der Waals surface area contributed by atoms with E-state index in [1.165, 1.54) is 18.2 Å². The molecule has 26 heavy (non-hydrogen) atoms. The van der Waals surface area contributed by atoms with E-state index in [1.807, 2.05) is 0 Å². The molecule has 2 aromatic carbocycles. The third-order valence-corrected chi connectivity index (χ3v) is 5.13. The first kappa shape index (κ1) is 18.4. The maximum Gasteiger partial charge on any atom is 0.247 e. The molecule has 1 heterocycles. The molecule has 1 N–H and O–H groups in total. The highest BCUT2D eigenvalue weighted by atomic mass is 35.5. The van der Waals surface area contributed by atoms with E-state index in [1.54, 1.807) is 30.3 Å². The van der Waals surface area contributed by atoms with Crippen LogP contribution in [0.4, 0.5) is 15.8 Å². The number of imide groups is 1. The van der Waals surface area contributed by atoms with Crippen molar-refractivity contribution < 1.29 is 18.8 Å². The fourth-order valence-electron chi connectivity index (χ4n) is 2.56. The minimum atomic E-state index is -0.639. The first-order chi connectivity index (χ1) is 12.4. The summed E-state index contributed by atoms with van der Waals surface area (Å²) < 4.78 is 13.1. The fourth-order valence-corrected chi connectivity index (χ4v) is 3.68. The van der Waals surface area contributed by atoms with Crippen LogP contribution in [0.15, 0.2) is 48.5 Å². The fraction of sp³-hybridized carbons (Fsp3) is 0.167. The summed E-state index contributed by atoms with van der Waals surface area (Å²) in [6, 6.07) is 12.0. The number of hydrogen-bond donors (Lipinski definition) is 1. The minimum absolute atomic E-state index is 0.0171. The van der Waals surface area contributed by atoms with Crippen LogP contribution in [0.2, 0.25) is 5.02 Å². The topological polar surface area (TPSA) is 66.5 Å². The van der Waals surface area contributed by atoms with Crippen LogP contribution in [0.1, 0.15) is 6.42 Å². The Morgan fingerprint density at radius 3 is 2.73 bits per heavy atom. The van der Waals surface area contributed by atoms with Crippen LogP contribution in [-0.4, -0.2) is 28.7 Å². The number of anilines is 2. The summed E-state index contributed by atoms with van der Waals surface area (Å²) in [7, 11) is 0. The van der Waals surface area contributed by atoms with Crippen LogP contribution in [-0.2, 0) is 14.4 Å². The summed E-state index contributed by atoms with van der Waals surface area (Å²) in [6.07, 6.45) is 0.0171. The molecular formula is C18H14ClFN2O3S. The van der Waals surface area contributed by atoms with Crippen molar-refractivity contribution in [1.29, 1.82) is 0 Å². The minimum Gasteiger partial charge on any atom is -0.325 e. The first-order valence-electron chi connectivity index (χ1n) is 7.73. The summed E-state index contributed by atoms with van der Waals surface area (Å²) in [5.74, 6) is -1.56. The average Bonchev–Trinajstić information content (AvgIpc) is 2.87. The van der Waals surface area contributed by atoms with E-state index in [-0.39, 0.29) is 29.9 Å². The molecule has 3 rings (SSSR count). The molecule has 0 spiro atoms. The summed E-state index contributed by atoms with van der Waals surface area (Å²) in [5.41, 5.74) is 0.754. The van der Waals surface area contributed by atoms with E-state index in [0.717, 1.165) is 16.7 Å². The molecule has 1 fully saturated rings. The molecular weight excluding hydrogens is 379 g/mol. The quantitative estimate of drug-likeness (QED) is 0.791. The van der Waals surface area contributed by atoms with Crippen LogP contribution >= 0.6 is 23.4 Å². The van der Waals surface area contributed by atoms with Gasteiger partial charge in [-0.05, 0) is 36.4 Å². The lowest BCUT2D eigenvalue weighted by Crippen LogP contribution is -2.31. The van der Waals surface area contributed by atoms with Crippen molar-refractivity contribution in [2.24, 2.45) is 0 Å². The van der Waals surface area contributed by atoms with E-state index >= 15 is 0 Å². The Labute approximate surface area is 158 Å². The number of carbonyl (C=O) groups is 3. The number of carbonyl (C=O) groups excluding carboxylic acids is 3. The average molecular weight is 393 g/mol. The second-order valence-corrected chi connectivity index (χ2v) is 7.24. The SMILES string of the molecule is O=C(CS[C@@H]1CC(=O)N(c2cccc(Cl)c2)C1=O)Nc1cccc(F)c1. The van der Waals surface area contributed by atoms with Crippen molar-refractivity contribution in [1.82, 2.24) is 0 Å². The summed E-state index contributed by atoms with van der Waals surface area (Å²) >= 11 is 6.99. The highest BCUT2D eigenvalue weighted by Crippen LogP contribution is 2.30. The first-order valence-corrected chi connectivity index (χ1v) is 9.16. The van der Waals surface area contributed by atoms with Crippen LogP contribution in [0.5, 0.6) is 0 Å². The summed E-state index contributed by atoms with van der Waals surface area (Å²) in [5, 5.41) is 2.34. The number of nitrogens with zero attached hydrogens (tertiary/aromatic N) is 1. The predicted octanol–water partition coefficient (Wildman–Crippen LogP) is 3.48. The summed E-state index contributed by atoms with van der Waals surface area (Å²) in [4.78, 5) is 37.8. The van der Waals surface area contributed by atoms with Gasteiger partial charge < -0.3 is 5.32 Å². The molecule has 1 aliphatic rings. The lowest BCUT2D eigenvalue weighted by atomic mass is 10.3. The monoisotopic (exact) mass is 392 g/mol. The standard InChI is InChI=1S/C18H14ClFN2O3S/c19-11-3-1-6-14(7-11)22-17(24)9-15(18(22)25)26-10-16(23)21-13-5-2-4-12(20)8-13/h1-8,15H,9-10H2,(H,21,23)/t15-/m1/s1. The molecule has 1 atom stereocenters. The molecule has 1 saturated heterocycles. The van der Waals surface area contributed by atoms with Crippen molar-refractivity contribution in [2.45, 2.75) is 11.7 Å². The molecule has 0 aromatic heterocycles. The Morgan fingerprint density at radius 2 is 2.00 bits per heavy atom. The molecule has 1 aliphatic heterocycles. The molecule has 0 aliphatic carbocycles. The molecule has 0 saturated carbocycles. The zero-order chi connectivity index (χ0) is 18.7. The molecule has 8 heteroatoms. The van der Waals surface area contributed by atoms with Gasteiger partial charge in [0, 0.05) is 17.1 Å². The van der Waals surface area contributed by atoms with Crippen molar-refractivity contribution >= 4 is 52.5 Å². The van der Waals surface area contributed by atoms with Gasteiger partial charge in [0.25, 0.3) is 0 Å². The van der Waals surface area contributed by atoms with Gasteiger partial charge >= 0.3 is 0 Å². The molecule has 3 amide bonds. The van der Waals surface area contributed by atoms with Crippen molar-refractivity contribution in [3.8, 4) is 0 Å². The highest BCUT2D eigenvalue weighted by Gasteiger charge is 2.40. The maximum atomic E-state index is 13.1. The number of amides is 3. The van der Waals surface area contributed by atoms with Crippen molar-refractivity contribution in [3.05, 3.63) is 59.4 Å². The zero-order valence-electron chi connectivity index (χ0n) is 13.4. The van der Waals surface area contributed by atoms with Gasteiger partial charge in [0.2, 0.25) is 17.7 Å². The van der Waals surface area contributed by atoms with Gasteiger partial charge in [-0.2, -0.15) is 0 Å². The van der Waals surface area contributed by atoms with E-state index in [9.17, 15) is 18.8 Å². The van der Waals surface area contributed by atoms with E-state index < -0.39 is 11.1 Å². The number of hydrogen-bond acceptors (Lipinski definition) is 4. The van der Waals surface area contributed by atoms with Gasteiger partial charge in [-0.3, -0.25) is 14.4 Å².